The molecule has 0 radical (unpaired) electrons. The number of carbonyl (C=O) groups is 2. The predicted molar refractivity (Wildman–Crippen MR) is 134 cm³/mol. The second kappa shape index (κ2) is 12.3. The summed E-state index contributed by atoms with van der Waals surface area (Å²) in [5, 5.41) is 7.48. The zero-order valence-electron chi connectivity index (χ0n) is 18.0. The smallest absolute Gasteiger partial charge is 0.329 e. The molecule has 0 heterocycles. The van der Waals surface area contributed by atoms with Crippen LogP contribution in [-0.2, 0) is 16.2 Å². The van der Waals surface area contributed by atoms with Gasteiger partial charge in [-0.2, -0.15) is 5.10 Å². The van der Waals surface area contributed by atoms with Crippen molar-refractivity contribution in [2.45, 2.75) is 13.5 Å². The molecule has 3 aromatic carbocycles. The van der Waals surface area contributed by atoms with Gasteiger partial charge < -0.3 is 14.8 Å². The molecule has 10 heteroatoms. The number of amides is 2. The quantitative estimate of drug-likeness (QED) is 0.226. The van der Waals surface area contributed by atoms with Gasteiger partial charge in [-0.05, 0) is 60.5 Å². The Labute approximate surface area is 211 Å². The van der Waals surface area contributed by atoms with Crippen LogP contribution >= 0.6 is 34.8 Å². The van der Waals surface area contributed by atoms with E-state index < -0.39 is 11.8 Å². The summed E-state index contributed by atoms with van der Waals surface area (Å²) in [7, 11) is 0. The highest BCUT2D eigenvalue weighted by atomic mass is 35.5. The SMILES string of the molecule is CCOc1cc(/C=N\NC(=O)C(=O)Nc2ccccc2Cl)ccc1OCc1ccc(Cl)c(Cl)c1. The highest BCUT2D eigenvalue weighted by Gasteiger charge is 2.14. The molecule has 0 spiro atoms. The van der Waals surface area contributed by atoms with Crippen molar-refractivity contribution in [1.29, 1.82) is 0 Å². The van der Waals surface area contributed by atoms with Crippen LogP contribution in [0.1, 0.15) is 18.1 Å². The summed E-state index contributed by atoms with van der Waals surface area (Å²) >= 11 is 18.0. The van der Waals surface area contributed by atoms with Crippen LogP contribution in [0.2, 0.25) is 15.1 Å². The third-order valence-corrected chi connectivity index (χ3v) is 5.42. The first-order chi connectivity index (χ1) is 16.4. The molecule has 0 saturated heterocycles. The molecule has 3 aromatic rings. The topological polar surface area (TPSA) is 89.0 Å². The van der Waals surface area contributed by atoms with Crippen molar-refractivity contribution in [2.24, 2.45) is 5.10 Å². The largest absolute Gasteiger partial charge is 0.490 e. The molecule has 0 aliphatic rings. The van der Waals surface area contributed by atoms with Crippen LogP contribution < -0.4 is 20.2 Å². The van der Waals surface area contributed by atoms with Crippen molar-refractivity contribution in [2.75, 3.05) is 11.9 Å². The maximum atomic E-state index is 12.0. The number of anilines is 1. The Morgan fingerprint density at radius 3 is 2.41 bits per heavy atom. The fourth-order valence-electron chi connectivity index (χ4n) is 2.74. The molecule has 0 fully saturated rings. The first-order valence-corrected chi connectivity index (χ1v) is 11.2. The summed E-state index contributed by atoms with van der Waals surface area (Å²) in [6.45, 7) is 2.53. The number of nitrogens with one attached hydrogen (secondary N) is 2. The molecule has 2 N–H and O–H groups in total. The molecule has 7 nitrogen and oxygen atoms in total. The minimum absolute atomic E-state index is 0.265. The van der Waals surface area contributed by atoms with E-state index in [1.807, 2.05) is 13.0 Å². The first-order valence-electron chi connectivity index (χ1n) is 10.1. The fourth-order valence-corrected chi connectivity index (χ4v) is 3.24. The Morgan fingerprint density at radius 2 is 1.68 bits per heavy atom. The van der Waals surface area contributed by atoms with Crippen LogP contribution in [0, 0.1) is 0 Å². The standard InChI is InChI=1S/C24H20Cl3N3O4/c1-2-33-22-12-15(8-10-21(22)34-14-16-7-9-17(25)19(27)11-16)13-28-30-24(32)23(31)29-20-6-4-3-5-18(20)26/h3-13H,2,14H2,1H3,(H,29,31)(H,30,32)/b28-13-. The maximum Gasteiger partial charge on any atom is 0.329 e. The minimum Gasteiger partial charge on any atom is -0.490 e. The van der Waals surface area contributed by atoms with Crippen molar-refractivity contribution in [3.8, 4) is 11.5 Å². The lowest BCUT2D eigenvalue weighted by Crippen LogP contribution is -2.32. The lowest BCUT2D eigenvalue weighted by atomic mass is 10.2. The Balaban J connectivity index is 1.61. The first kappa shape index (κ1) is 25.4. The van der Waals surface area contributed by atoms with Crippen molar-refractivity contribution < 1.29 is 19.1 Å². The zero-order chi connectivity index (χ0) is 24.5. The van der Waals surface area contributed by atoms with Gasteiger partial charge in [-0.3, -0.25) is 9.59 Å². The van der Waals surface area contributed by atoms with Gasteiger partial charge >= 0.3 is 11.8 Å². The Bertz CT molecular complexity index is 1220. The number of hydrogen-bond acceptors (Lipinski definition) is 5. The lowest BCUT2D eigenvalue weighted by molar-refractivity contribution is -0.136. The van der Waals surface area contributed by atoms with Crippen molar-refractivity contribution in [3.63, 3.8) is 0 Å². The second-order valence-electron chi connectivity index (χ2n) is 6.81. The second-order valence-corrected chi connectivity index (χ2v) is 8.03. The van der Waals surface area contributed by atoms with Crippen LogP contribution in [0.15, 0.2) is 65.8 Å². The Kier molecular flexibility index (Phi) is 9.16. The molecule has 0 bridgehead atoms. The number of carbonyl (C=O) groups excluding carboxylic acids is 2. The molecular weight excluding hydrogens is 501 g/mol. The lowest BCUT2D eigenvalue weighted by Gasteiger charge is -2.13. The highest BCUT2D eigenvalue weighted by Crippen LogP contribution is 2.30. The summed E-state index contributed by atoms with van der Waals surface area (Å²) in [4.78, 5) is 24.0. The normalized spacial score (nSPS) is 10.7. The van der Waals surface area contributed by atoms with Crippen LogP contribution in [0.3, 0.4) is 0 Å². The van der Waals surface area contributed by atoms with Gasteiger partial charge in [0.25, 0.3) is 0 Å². The third kappa shape index (κ3) is 7.12. The number of benzene rings is 3. The molecule has 0 unspecified atom stereocenters. The molecule has 0 atom stereocenters. The van der Waals surface area contributed by atoms with E-state index in [2.05, 4.69) is 15.8 Å². The van der Waals surface area contributed by atoms with Crippen LogP contribution in [0.25, 0.3) is 0 Å². The van der Waals surface area contributed by atoms with E-state index in [4.69, 9.17) is 44.3 Å². The average molecular weight is 521 g/mol. The summed E-state index contributed by atoms with van der Waals surface area (Å²) in [5.41, 5.74) is 3.97. The van der Waals surface area contributed by atoms with Gasteiger partial charge in [0, 0.05) is 0 Å². The number of ether oxygens (including phenoxy) is 2. The van der Waals surface area contributed by atoms with Gasteiger partial charge in [-0.25, -0.2) is 5.43 Å². The summed E-state index contributed by atoms with van der Waals surface area (Å²) in [5.74, 6) is -0.823. The van der Waals surface area contributed by atoms with E-state index >= 15 is 0 Å². The molecule has 0 aromatic heterocycles. The maximum absolute atomic E-state index is 12.0. The minimum atomic E-state index is -0.942. The van der Waals surface area contributed by atoms with Crippen LogP contribution in [-0.4, -0.2) is 24.6 Å². The van der Waals surface area contributed by atoms with Crippen LogP contribution in [0.4, 0.5) is 5.69 Å². The monoisotopic (exact) mass is 519 g/mol. The summed E-state index contributed by atoms with van der Waals surface area (Å²) in [6, 6.07) is 17.0. The van der Waals surface area contributed by atoms with E-state index in [-0.39, 0.29) is 6.61 Å². The summed E-state index contributed by atoms with van der Waals surface area (Å²) < 4.78 is 11.5. The molecule has 3 rings (SSSR count). The Hall–Kier alpha value is -3.26. The van der Waals surface area contributed by atoms with Crippen molar-refractivity contribution in [3.05, 3.63) is 86.9 Å². The van der Waals surface area contributed by atoms with Gasteiger partial charge in [0.05, 0.1) is 33.6 Å². The molecule has 176 valence electrons. The fraction of sp³-hybridized carbons (Fsp3) is 0.125. The number of hydrogen-bond donors (Lipinski definition) is 2. The van der Waals surface area contributed by atoms with E-state index in [0.717, 1.165) is 5.56 Å². The zero-order valence-corrected chi connectivity index (χ0v) is 20.2. The van der Waals surface area contributed by atoms with Gasteiger partial charge in [0.1, 0.15) is 6.61 Å². The highest BCUT2D eigenvalue weighted by molar-refractivity contribution is 6.42. The van der Waals surface area contributed by atoms with Gasteiger partial charge in [-0.1, -0.05) is 53.0 Å². The molecule has 34 heavy (non-hydrogen) atoms. The third-order valence-electron chi connectivity index (χ3n) is 4.35. The van der Waals surface area contributed by atoms with Crippen molar-refractivity contribution >= 4 is 58.5 Å². The van der Waals surface area contributed by atoms with E-state index in [1.54, 1.807) is 54.6 Å². The van der Waals surface area contributed by atoms with E-state index in [1.165, 1.54) is 6.21 Å². The van der Waals surface area contributed by atoms with E-state index in [0.29, 0.717) is 44.4 Å². The van der Waals surface area contributed by atoms with E-state index in [9.17, 15) is 9.59 Å². The van der Waals surface area contributed by atoms with Crippen LogP contribution in [0.5, 0.6) is 11.5 Å². The molecular formula is C24H20Cl3N3O4. The van der Waals surface area contributed by atoms with Gasteiger partial charge in [-0.15, -0.1) is 0 Å². The number of halogens is 3. The molecule has 0 aliphatic carbocycles. The molecule has 0 aliphatic heterocycles. The summed E-state index contributed by atoms with van der Waals surface area (Å²) in [6.07, 6.45) is 1.38. The predicted octanol–water partition coefficient (Wildman–Crippen LogP) is 5.71. The van der Waals surface area contributed by atoms with Gasteiger partial charge in [0.15, 0.2) is 11.5 Å². The van der Waals surface area contributed by atoms with Crippen molar-refractivity contribution in [1.82, 2.24) is 5.43 Å². The number of hydrazone groups is 1. The molecule has 2 amide bonds. The van der Waals surface area contributed by atoms with Gasteiger partial charge in [0.2, 0.25) is 0 Å². The Morgan fingerprint density at radius 1 is 0.882 bits per heavy atom. The number of para-hydroxylation sites is 1. The number of rotatable bonds is 8. The number of nitrogens with zero attached hydrogens (tertiary/aromatic N) is 1. The molecule has 0 saturated carbocycles. The average Bonchev–Trinajstić information content (AvgIpc) is 2.82.